The summed E-state index contributed by atoms with van der Waals surface area (Å²) in [6.45, 7) is 2.63. The van der Waals surface area contributed by atoms with Gasteiger partial charge < -0.3 is 14.6 Å². The molecule has 0 amide bonds. The number of ether oxygens (including phenoxy) is 2. The molecule has 1 atom stereocenters. The van der Waals surface area contributed by atoms with Crippen LogP contribution in [0, 0.1) is 0 Å². The van der Waals surface area contributed by atoms with Gasteiger partial charge in [-0.2, -0.15) is 0 Å². The molecule has 0 radical (unpaired) electrons. The lowest BCUT2D eigenvalue weighted by atomic mass is 10.1. The molecule has 0 aliphatic carbocycles. The summed E-state index contributed by atoms with van der Waals surface area (Å²) in [5.41, 5.74) is 0.719. The van der Waals surface area contributed by atoms with Gasteiger partial charge in [0.2, 0.25) is 10.0 Å². The summed E-state index contributed by atoms with van der Waals surface area (Å²) in [7, 11) is -3.82. The molecule has 24 heavy (non-hydrogen) atoms. The number of thiophene rings is 1. The Balaban J connectivity index is 1.80. The van der Waals surface area contributed by atoms with Crippen LogP contribution in [0.1, 0.15) is 28.2 Å². The molecule has 0 bridgehead atoms. The monoisotopic (exact) mass is 369 g/mol. The average Bonchev–Trinajstić information content (AvgIpc) is 3.05. The Labute approximate surface area is 142 Å². The van der Waals surface area contributed by atoms with Crippen LogP contribution >= 0.6 is 11.3 Å². The second kappa shape index (κ2) is 6.42. The van der Waals surface area contributed by atoms with Crippen molar-refractivity contribution in [1.82, 2.24) is 4.72 Å². The number of hydrogen-bond donors (Lipinski definition) is 2. The number of hydrogen-bond acceptors (Lipinski definition) is 6. The van der Waals surface area contributed by atoms with Gasteiger partial charge in [0.05, 0.1) is 4.90 Å². The lowest BCUT2D eigenvalue weighted by molar-refractivity contribution is 0.0702. The number of benzene rings is 1. The third-order valence-electron chi connectivity index (χ3n) is 3.49. The molecule has 7 nitrogen and oxygen atoms in total. The second-order valence-corrected chi connectivity index (χ2v) is 7.82. The minimum absolute atomic E-state index is 0.0256. The molecule has 1 aromatic carbocycles. The Morgan fingerprint density at radius 3 is 2.62 bits per heavy atom. The summed E-state index contributed by atoms with van der Waals surface area (Å²) in [6.07, 6.45) is 0. The van der Waals surface area contributed by atoms with Gasteiger partial charge in [0.1, 0.15) is 18.1 Å². The van der Waals surface area contributed by atoms with Crippen LogP contribution in [0.15, 0.2) is 34.5 Å². The normalized spacial score (nSPS) is 15.0. The van der Waals surface area contributed by atoms with Gasteiger partial charge in [-0.15, -0.1) is 11.3 Å². The van der Waals surface area contributed by atoms with Crippen LogP contribution < -0.4 is 14.2 Å². The number of rotatable bonds is 5. The number of nitrogens with one attached hydrogen (secondary N) is 1. The van der Waals surface area contributed by atoms with Crippen molar-refractivity contribution in [1.29, 1.82) is 0 Å². The largest absolute Gasteiger partial charge is 0.486 e. The number of sulfonamides is 1. The van der Waals surface area contributed by atoms with E-state index in [-0.39, 0.29) is 9.77 Å². The minimum atomic E-state index is -3.82. The summed E-state index contributed by atoms with van der Waals surface area (Å²) >= 11 is 0.871. The predicted molar refractivity (Wildman–Crippen MR) is 87.4 cm³/mol. The van der Waals surface area contributed by atoms with Gasteiger partial charge >= 0.3 is 5.97 Å². The van der Waals surface area contributed by atoms with E-state index >= 15 is 0 Å². The molecule has 9 heteroatoms. The molecular formula is C15H15NO6S2. The molecule has 2 aromatic rings. The van der Waals surface area contributed by atoms with E-state index in [1.165, 1.54) is 5.38 Å². The molecule has 2 N–H and O–H groups in total. The van der Waals surface area contributed by atoms with Crippen LogP contribution in [-0.2, 0) is 10.0 Å². The van der Waals surface area contributed by atoms with E-state index in [2.05, 4.69) is 4.72 Å². The van der Waals surface area contributed by atoms with Crippen molar-refractivity contribution in [3.8, 4) is 11.5 Å². The van der Waals surface area contributed by atoms with Crippen LogP contribution in [0.5, 0.6) is 11.5 Å². The van der Waals surface area contributed by atoms with Gasteiger partial charge in [-0.3, -0.25) is 0 Å². The topological polar surface area (TPSA) is 102 Å². The Kier molecular flexibility index (Phi) is 4.48. The molecule has 0 spiro atoms. The molecule has 0 saturated carbocycles. The van der Waals surface area contributed by atoms with Crippen LogP contribution in [0.3, 0.4) is 0 Å². The number of carboxylic acids is 1. The fourth-order valence-corrected chi connectivity index (χ4v) is 4.61. The first-order chi connectivity index (χ1) is 11.4. The highest BCUT2D eigenvalue weighted by Crippen LogP contribution is 2.33. The molecule has 1 aliphatic rings. The maximum absolute atomic E-state index is 12.4. The number of carbonyl (C=O) groups is 1. The number of carboxylic acid groups (broad SMARTS) is 1. The van der Waals surface area contributed by atoms with Gasteiger partial charge in [0, 0.05) is 11.4 Å². The van der Waals surface area contributed by atoms with Crippen molar-refractivity contribution >= 4 is 27.3 Å². The summed E-state index contributed by atoms with van der Waals surface area (Å²) < 4.78 is 38.2. The highest BCUT2D eigenvalue weighted by atomic mass is 32.2. The van der Waals surface area contributed by atoms with Crippen molar-refractivity contribution in [2.75, 3.05) is 13.2 Å². The Hall–Kier alpha value is -2.10. The summed E-state index contributed by atoms with van der Waals surface area (Å²) in [4.78, 5) is 10.8. The van der Waals surface area contributed by atoms with E-state index in [4.69, 9.17) is 14.6 Å². The fourth-order valence-electron chi connectivity index (χ4n) is 2.27. The molecule has 1 unspecified atom stereocenters. The molecule has 3 rings (SSSR count). The zero-order valence-corrected chi connectivity index (χ0v) is 14.3. The lowest BCUT2D eigenvalue weighted by Crippen LogP contribution is -2.26. The summed E-state index contributed by atoms with van der Waals surface area (Å²) in [5, 5.41) is 10.2. The maximum Gasteiger partial charge on any atom is 0.345 e. The Bertz CT molecular complexity index is 874. The Morgan fingerprint density at radius 1 is 1.25 bits per heavy atom. The summed E-state index contributed by atoms with van der Waals surface area (Å²) in [5.74, 6) is 0.0545. The zero-order valence-electron chi connectivity index (χ0n) is 12.7. The van der Waals surface area contributed by atoms with E-state index in [1.807, 2.05) is 0 Å². The van der Waals surface area contributed by atoms with Crippen molar-refractivity contribution in [3.05, 3.63) is 40.1 Å². The molecule has 1 aromatic heterocycles. The third-order valence-corrected chi connectivity index (χ3v) is 6.08. The molecular weight excluding hydrogens is 354 g/mol. The zero-order chi connectivity index (χ0) is 17.3. The molecule has 2 heterocycles. The maximum atomic E-state index is 12.4. The summed E-state index contributed by atoms with van der Waals surface area (Å²) in [6, 6.07) is 5.86. The van der Waals surface area contributed by atoms with E-state index in [9.17, 15) is 13.2 Å². The van der Waals surface area contributed by atoms with Gasteiger partial charge in [-0.05, 0) is 30.7 Å². The van der Waals surface area contributed by atoms with Crippen LogP contribution in [0.25, 0.3) is 0 Å². The van der Waals surface area contributed by atoms with E-state index < -0.39 is 22.0 Å². The van der Waals surface area contributed by atoms with E-state index in [0.29, 0.717) is 24.7 Å². The predicted octanol–water partition coefficient (Wildman–Crippen LogP) is 2.26. The smallest absolute Gasteiger partial charge is 0.345 e. The van der Waals surface area contributed by atoms with Crippen molar-refractivity contribution < 1.29 is 27.8 Å². The van der Waals surface area contributed by atoms with E-state index in [1.54, 1.807) is 25.1 Å². The highest BCUT2D eigenvalue weighted by Gasteiger charge is 2.22. The van der Waals surface area contributed by atoms with Gasteiger partial charge in [0.15, 0.2) is 11.5 Å². The lowest BCUT2D eigenvalue weighted by Gasteiger charge is -2.21. The van der Waals surface area contributed by atoms with Gasteiger partial charge in [-0.1, -0.05) is 6.07 Å². The van der Waals surface area contributed by atoms with Crippen LogP contribution in [0.2, 0.25) is 0 Å². The Morgan fingerprint density at radius 2 is 1.96 bits per heavy atom. The quantitative estimate of drug-likeness (QED) is 0.838. The first-order valence-electron chi connectivity index (χ1n) is 7.10. The standard InChI is InChI=1S/C15H15NO6S2/c1-9(10-2-3-12-13(6-10)22-5-4-21-12)16-24(19,20)11-7-14(15(17)18)23-8-11/h2-3,6-9,16H,4-5H2,1H3,(H,17,18). The van der Waals surface area contributed by atoms with Crippen molar-refractivity contribution in [2.45, 2.75) is 17.9 Å². The molecule has 1 aliphatic heterocycles. The van der Waals surface area contributed by atoms with Crippen molar-refractivity contribution in [2.24, 2.45) is 0 Å². The third kappa shape index (κ3) is 3.37. The van der Waals surface area contributed by atoms with Crippen LogP contribution in [0.4, 0.5) is 0 Å². The first-order valence-corrected chi connectivity index (χ1v) is 9.47. The first kappa shape index (κ1) is 16.7. The fraction of sp³-hybridized carbons (Fsp3) is 0.267. The van der Waals surface area contributed by atoms with Gasteiger partial charge in [0.25, 0.3) is 0 Å². The SMILES string of the molecule is CC(NS(=O)(=O)c1csc(C(=O)O)c1)c1ccc2c(c1)OCCO2. The van der Waals surface area contributed by atoms with Crippen molar-refractivity contribution in [3.63, 3.8) is 0 Å². The average molecular weight is 369 g/mol. The molecule has 0 fully saturated rings. The van der Waals surface area contributed by atoms with E-state index in [0.717, 1.165) is 23.0 Å². The minimum Gasteiger partial charge on any atom is -0.486 e. The number of aromatic carboxylic acids is 1. The highest BCUT2D eigenvalue weighted by molar-refractivity contribution is 7.89. The molecule has 0 saturated heterocycles. The molecule has 128 valence electrons. The van der Waals surface area contributed by atoms with Gasteiger partial charge in [-0.25, -0.2) is 17.9 Å². The number of fused-ring (bicyclic) bond motifs is 1. The van der Waals surface area contributed by atoms with Crippen LogP contribution in [-0.4, -0.2) is 32.7 Å². The second-order valence-electron chi connectivity index (χ2n) is 5.20.